The van der Waals surface area contributed by atoms with Gasteiger partial charge in [0.1, 0.15) is 11.5 Å². The first-order valence-electron chi connectivity index (χ1n) is 3.61. The normalized spacial score (nSPS) is 10.4. The van der Waals surface area contributed by atoms with Crippen molar-refractivity contribution >= 4 is 17.2 Å². The zero-order valence-corrected chi connectivity index (χ0v) is 7.51. The molecule has 0 aliphatic carbocycles. The van der Waals surface area contributed by atoms with Crippen LogP contribution < -0.4 is 5.73 Å². The maximum Gasteiger partial charge on any atom is 0.121 e. The summed E-state index contributed by atoms with van der Waals surface area (Å²) in [7, 11) is 1.84. The van der Waals surface area contributed by atoms with E-state index in [1.165, 1.54) is 0 Å². The van der Waals surface area contributed by atoms with E-state index in [-0.39, 0.29) is 0 Å². The number of nitrogen functional groups attached to an aromatic ring is 1. The van der Waals surface area contributed by atoms with Gasteiger partial charge in [-0.2, -0.15) is 5.10 Å². The van der Waals surface area contributed by atoms with Crippen LogP contribution in [0, 0.1) is 0 Å². The number of hydrogen-bond acceptors (Lipinski definition) is 3. The monoisotopic (exact) mass is 179 g/mol. The molecule has 0 bridgehead atoms. The summed E-state index contributed by atoms with van der Waals surface area (Å²) in [6, 6.07) is 5.92. The van der Waals surface area contributed by atoms with Gasteiger partial charge in [-0.3, -0.25) is 4.68 Å². The molecule has 4 heteroatoms. The summed E-state index contributed by atoms with van der Waals surface area (Å²) in [6.07, 6.45) is 0. The Morgan fingerprint density at radius 1 is 1.58 bits per heavy atom. The Bertz CT molecular complexity index is 355. The molecule has 0 aliphatic heterocycles. The lowest BCUT2D eigenvalue weighted by Gasteiger charge is -1.88. The van der Waals surface area contributed by atoms with E-state index in [2.05, 4.69) is 5.10 Å². The lowest BCUT2D eigenvalue weighted by Crippen LogP contribution is -1.96. The fourth-order valence-corrected chi connectivity index (χ4v) is 1.71. The Morgan fingerprint density at radius 3 is 2.92 bits per heavy atom. The minimum atomic E-state index is 0.693. The SMILES string of the molecule is Cn1nc(-c2cccs2)cc1N. The maximum absolute atomic E-state index is 5.65. The van der Waals surface area contributed by atoms with E-state index < -0.39 is 0 Å². The zero-order chi connectivity index (χ0) is 8.55. The van der Waals surface area contributed by atoms with Crippen molar-refractivity contribution < 1.29 is 0 Å². The van der Waals surface area contributed by atoms with E-state index in [1.807, 2.05) is 30.6 Å². The molecule has 2 heterocycles. The highest BCUT2D eigenvalue weighted by atomic mass is 32.1. The highest BCUT2D eigenvalue weighted by Gasteiger charge is 2.04. The molecule has 0 amide bonds. The molecule has 12 heavy (non-hydrogen) atoms. The number of nitrogens with zero attached hydrogens (tertiary/aromatic N) is 2. The largest absolute Gasteiger partial charge is 0.384 e. The Morgan fingerprint density at radius 2 is 2.42 bits per heavy atom. The Labute approximate surface area is 74.4 Å². The van der Waals surface area contributed by atoms with Gasteiger partial charge in [0, 0.05) is 13.1 Å². The molecule has 0 saturated carbocycles. The first-order valence-corrected chi connectivity index (χ1v) is 4.49. The summed E-state index contributed by atoms with van der Waals surface area (Å²) >= 11 is 1.67. The number of hydrogen-bond donors (Lipinski definition) is 1. The van der Waals surface area contributed by atoms with Gasteiger partial charge in [0.2, 0.25) is 0 Å². The van der Waals surface area contributed by atoms with Crippen LogP contribution in [0.25, 0.3) is 10.6 Å². The number of anilines is 1. The van der Waals surface area contributed by atoms with Crippen molar-refractivity contribution in [1.82, 2.24) is 9.78 Å². The molecule has 62 valence electrons. The average molecular weight is 179 g/mol. The lowest BCUT2D eigenvalue weighted by atomic mass is 10.3. The smallest absolute Gasteiger partial charge is 0.121 e. The highest BCUT2D eigenvalue weighted by molar-refractivity contribution is 7.13. The van der Waals surface area contributed by atoms with E-state index in [4.69, 9.17) is 5.73 Å². The molecule has 2 N–H and O–H groups in total. The van der Waals surface area contributed by atoms with E-state index in [0.29, 0.717) is 5.82 Å². The third kappa shape index (κ3) is 1.10. The van der Waals surface area contributed by atoms with Crippen LogP contribution in [0.3, 0.4) is 0 Å². The molecular weight excluding hydrogens is 170 g/mol. The van der Waals surface area contributed by atoms with Crippen molar-refractivity contribution in [2.24, 2.45) is 7.05 Å². The van der Waals surface area contributed by atoms with Crippen molar-refractivity contribution in [3.05, 3.63) is 23.6 Å². The second kappa shape index (κ2) is 2.64. The van der Waals surface area contributed by atoms with Gasteiger partial charge in [-0.1, -0.05) is 6.07 Å². The Hall–Kier alpha value is -1.29. The van der Waals surface area contributed by atoms with Gasteiger partial charge < -0.3 is 5.73 Å². The topological polar surface area (TPSA) is 43.8 Å². The first kappa shape index (κ1) is 7.36. The molecule has 0 spiro atoms. The standard InChI is InChI=1S/C8H9N3S/c1-11-8(9)5-6(10-11)7-3-2-4-12-7/h2-5H,9H2,1H3. The summed E-state index contributed by atoms with van der Waals surface area (Å²) in [5.41, 5.74) is 6.60. The number of aromatic nitrogens is 2. The van der Waals surface area contributed by atoms with Crippen LogP contribution in [-0.2, 0) is 7.05 Å². The molecule has 0 saturated heterocycles. The van der Waals surface area contributed by atoms with Gasteiger partial charge in [-0.05, 0) is 11.4 Å². The molecule has 0 aromatic carbocycles. The molecule has 2 aromatic heterocycles. The van der Waals surface area contributed by atoms with E-state index in [0.717, 1.165) is 10.6 Å². The van der Waals surface area contributed by atoms with Gasteiger partial charge >= 0.3 is 0 Å². The lowest BCUT2D eigenvalue weighted by molar-refractivity contribution is 0.783. The zero-order valence-electron chi connectivity index (χ0n) is 6.69. The molecule has 3 nitrogen and oxygen atoms in total. The van der Waals surface area contributed by atoms with E-state index in [1.54, 1.807) is 16.0 Å². The van der Waals surface area contributed by atoms with Crippen LogP contribution in [-0.4, -0.2) is 9.78 Å². The van der Waals surface area contributed by atoms with Gasteiger partial charge in [-0.25, -0.2) is 0 Å². The maximum atomic E-state index is 5.65. The summed E-state index contributed by atoms with van der Waals surface area (Å²) < 4.78 is 1.68. The summed E-state index contributed by atoms with van der Waals surface area (Å²) in [5, 5.41) is 6.28. The van der Waals surface area contributed by atoms with Gasteiger partial charge in [0.15, 0.2) is 0 Å². The van der Waals surface area contributed by atoms with Crippen LogP contribution in [0.2, 0.25) is 0 Å². The fourth-order valence-electron chi connectivity index (χ4n) is 1.03. The van der Waals surface area contributed by atoms with Crippen molar-refractivity contribution in [1.29, 1.82) is 0 Å². The number of aryl methyl sites for hydroxylation is 1. The fraction of sp³-hybridized carbons (Fsp3) is 0.125. The van der Waals surface area contributed by atoms with E-state index >= 15 is 0 Å². The number of rotatable bonds is 1. The molecule has 0 unspecified atom stereocenters. The van der Waals surface area contributed by atoms with Crippen molar-refractivity contribution in [2.75, 3.05) is 5.73 Å². The molecule has 2 rings (SSSR count). The predicted molar refractivity (Wildman–Crippen MR) is 50.9 cm³/mol. The van der Waals surface area contributed by atoms with Gasteiger partial charge in [0.05, 0.1) is 4.88 Å². The third-order valence-electron chi connectivity index (χ3n) is 1.69. The van der Waals surface area contributed by atoms with Crippen LogP contribution in [0.1, 0.15) is 0 Å². The summed E-state index contributed by atoms with van der Waals surface area (Å²) in [6.45, 7) is 0. The molecule has 2 aromatic rings. The Balaban J connectivity index is 2.48. The first-order chi connectivity index (χ1) is 5.77. The highest BCUT2D eigenvalue weighted by Crippen LogP contribution is 2.24. The van der Waals surface area contributed by atoms with Crippen LogP contribution >= 0.6 is 11.3 Å². The number of thiophene rings is 1. The molecule has 0 aliphatic rings. The third-order valence-corrected chi connectivity index (χ3v) is 2.58. The molecule has 0 fully saturated rings. The Kier molecular flexibility index (Phi) is 1.62. The molecular formula is C8H9N3S. The van der Waals surface area contributed by atoms with Crippen LogP contribution in [0.15, 0.2) is 23.6 Å². The van der Waals surface area contributed by atoms with Crippen molar-refractivity contribution in [2.45, 2.75) is 0 Å². The van der Waals surface area contributed by atoms with Crippen molar-refractivity contribution in [3.8, 4) is 10.6 Å². The van der Waals surface area contributed by atoms with Gasteiger partial charge in [0.25, 0.3) is 0 Å². The van der Waals surface area contributed by atoms with E-state index in [9.17, 15) is 0 Å². The minimum Gasteiger partial charge on any atom is -0.384 e. The van der Waals surface area contributed by atoms with Gasteiger partial charge in [-0.15, -0.1) is 11.3 Å². The minimum absolute atomic E-state index is 0.693. The molecule has 0 radical (unpaired) electrons. The second-order valence-corrected chi connectivity index (χ2v) is 3.50. The van der Waals surface area contributed by atoms with Crippen LogP contribution in [0.5, 0.6) is 0 Å². The van der Waals surface area contributed by atoms with Crippen LogP contribution in [0.4, 0.5) is 5.82 Å². The number of nitrogens with two attached hydrogens (primary N) is 1. The quantitative estimate of drug-likeness (QED) is 0.724. The second-order valence-electron chi connectivity index (χ2n) is 2.56. The summed E-state index contributed by atoms with van der Waals surface area (Å²) in [5.74, 6) is 0.693. The predicted octanol–water partition coefficient (Wildman–Crippen LogP) is 1.73. The molecule has 0 atom stereocenters. The summed E-state index contributed by atoms with van der Waals surface area (Å²) in [4.78, 5) is 1.15. The average Bonchev–Trinajstić information content (AvgIpc) is 2.61. The van der Waals surface area contributed by atoms with Crippen molar-refractivity contribution in [3.63, 3.8) is 0 Å².